The quantitative estimate of drug-likeness (QED) is 0.547. The van der Waals surface area contributed by atoms with Gasteiger partial charge in [-0.3, -0.25) is 9.48 Å². The van der Waals surface area contributed by atoms with E-state index >= 15 is 0 Å². The number of aromatic amines is 1. The van der Waals surface area contributed by atoms with E-state index in [1.165, 1.54) is 17.7 Å². The highest BCUT2D eigenvalue weighted by atomic mass is 35.5. The van der Waals surface area contributed by atoms with Crippen molar-refractivity contribution in [2.45, 2.75) is 19.1 Å². The molecule has 1 aliphatic carbocycles. The van der Waals surface area contributed by atoms with Gasteiger partial charge in [0.2, 0.25) is 5.43 Å². The Morgan fingerprint density at radius 2 is 1.96 bits per heavy atom. The second kappa shape index (κ2) is 6.24. The van der Waals surface area contributed by atoms with Crippen LogP contribution in [0.5, 0.6) is 0 Å². The number of carbonyl (C=O) groups excluding carboxylic acids is 1. The zero-order valence-electron chi connectivity index (χ0n) is 13.1. The molecule has 1 N–H and O–H groups in total. The fourth-order valence-corrected chi connectivity index (χ4v) is 2.89. The summed E-state index contributed by atoms with van der Waals surface area (Å²) in [6, 6.07) is 2.57. The smallest absolute Gasteiger partial charge is 0.301 e. The third-order valence-corrected chi connectivity index (χ3v) is 4.14. The minimum Gasteiger partial charge on any atom is -0.301 e. The van der Waals surface area contributed by atoms with E-state index < -0.39 is 34.1 Å². The Hall–Kier alpha value is -2.68. The van der Waals surface area contributed by atoms with Crippen molar-refractivity contribution in [1.29, 1.82) is 0 Å². The number of fused-ring (bicyclic) bond motifs is 1. The van der Waals surface area contributed by atoms with Gasteiger partial charge in [-0.25, -0.2) is 9.60 Å². The Morgan fingerprint density at radius 3 is 2.54 bits per heavy atom. The summed E-state index contributed by atoms with van der Waals surface area (Å²) in [6.45, 7) is 1.54. The molecule has 0 amide bonds. The summed E-state index contributed by atoms with van der Waals surface area (Å²) in [7, 11) is 0. The van der Waals surface area contributed by atoms with Crippen LogP contribution < -0.4 is 5.43 Å². The fraction of sp³-hybridized carbons (Fsp3) is 0.188. The van der Waals surface area contributed by atoms with Crippen LogP contribution in [0.1, 0.15) is 18.5 Å². The fourth-order valence-electron chi connectivity index (χ4n) is 2.58. The molecule has 0 saturated carbocycles. The van der Waals surface area contributed by atoms with Crippen LogP contribution in [0, 0.1) is 5.82 Å². The topological polar surface area (TPSA) is 67.8 Å². The van der Waals surface area contributed by atoms with E-state index in [-0.39, 0.29) is 22.5 Å². The van der Waals surface area contributed by atoms with Crippen LogP contribution in [0.4, 0.5) is 17.6 Å². The van der Waals surface area contributed by atoms with Crippen molar-refractivity contribution in [2.24, 2.45) is 0 Å². The van der Waals surface area contributed by atoms with Crippen molar-refractivity contribution in [2.75, 3.05) is 0 Å². The molecule has 1 aliphatic heterocycles. The lowest BCUT2D eigenvalue weighted by Gasteiger charge is -2.13. The van der Waals surface area contributed by atoms with Gasteiger partial charge in [0.05, 0.1) is 16.3 Å². The van der Waals surface area contributed by atoms with Gasteiger partial charge in [-0.1, -0.05) is 11.6 Å². The van der Waals surface area contributed by atoms with Gasteiger partial charge < -0.3 is 4.79 Å². The summed E-state index contributed by atoms with van der Waals surface area (Å²) in [5, 5.41) is 5.82. The third-order valence-electron chi connectivity index (χ3n) is 3.85. The van der Waals surface area contributed by atoms with Gasteiger partial charge in [0.25, 0.3) is 0 Å². The Labute approximate surface area is 148 Å². The van der Waals surface area contributed by atoms with Crippen LogP contribution in [-0.2, 0) is 11.0 Å². The molecule has 136 valence electrons. The number of rotatable bonds is 3. The third kappa shape index (κ3) is 2.98. The molecule has 2 aliphatic rings. The summed E-state index contributed by atoms with van der Waals surface area (Å²) in [5.74, 6) is -1.22. The van der Waals surface area contributed by atoms with Crippen molar-refractivity contribution < 1.29 is 22.4 Å². The first-order chi connectivity index (χ1) is 12.1. The van der Waals surface area contributed by atoms with Crippen LogP contribution >= 0.6 is 11.6 Å². The van der Waals surface area contributed by atoms with Crippen molar-refractivity contribution in [3.8, 4) is 22.5 Å². The number of hydrogen-bond acceptors (Lipinski definition) is 3. The Kier molecular flexibility index (Phi) is 4.35. The maximum absolute atomic E-state index is 14.3. The Bertz CT molecular complexity index is 1000. The van der Waals surface area contributed by atoms with E-state index in [0.29, 0.717) is 18.4 Å². The number of nitrogens with one attached hydrogen (secondary N) is 1. The summed E-state index contributed by atoms with van der Waals surface area (Å²) < 4.78 is 53.9. The molecule has 1 aromatic rings. The predicted molar refractivity (Wildman–Crippen MR) is 85.7 cm³/mol. The average molecular weight is 388 g/mol. The summed E-state index contributed by atoms with van der Waals surface area (Å²) in [5.41, 5.74) is -1.99. The van der Waals surface area contributed by atoms with E-state index in [4.69, 9.17) is 11.6 Å². The number of benzene rings is 2. The van der Waals surface area contributed by atoms with Gasteiger partial charge in [0.15, 0.2) is 5.69 Å². The number of aldehydes is 1. The molecule has 0 fully saturated rings. The van der Waals surface area contributed by atoms with Gasteiger partial charge in [0, 0.05) is 5.56 Å². The zero-order valence-corrected chi connectivity index (χ0v) is 13.8. The molecule has 1 heterocycles. The monoisotopic (exact) mass is 387 g/mol. The number of nitrogens with zero attached hydrogens (tertiary/aromatic N) is 2. The number of aromatic nitrogens is 3. The molecular weight excluding hydrogens is 378 g/mol. The van der Waals surface area contributed by atoms with Crippen LogP contribution in [0.2, 0.25) is 5.02 Å². The van der Waals surface area contributed by atoms with Crippen LogP contribution in [0.15, 0.2) is 29.1 Å². The highest BCUT2D eigenvalue weighted by molar-refractivity contribution is 6.33. The molecule has 1 aromatic carbocycles. The van der Waals surface area contributed by atoms with Crippen LogP contribution in [0.25, 0.3) is 22.5 Å². The molecule has 5 nitrogen and oxygen atoms in total. The SMILES string of the molecule is CC(C=O)n1[nH]nc2c(=O)cc(-c3c(F)cc(C(F)(F)F)cc3Cl)cc1-2. The van der Waals surface area contributed by atoms with Crippen molar-refractivity contribution >= 4 is 17.9 Å². The van der Waals surface area contributed by atoms with E-state index in [1.807, 2.05) is 0 Å². The summed E-state index contributed by atoms with van der Waals surface area (Å²) in [6.07, 6.45) is -4.16. The molecule has 1 atom stereocenters. The first kappa shape index (κ1) is 18.1. The van der Waals surface area contributed by atoms with Crippen LogP contribution in [0.3, 0.4) is 0 Å². The molecular formula is C16H10ClF4N3O2. The second-order valence-electron chi connectivity index (χ2n) is 5.61. The maximum Gasteiger partial charge on any atom is 0.416 e. The Morgan fingerprint density at radius 1 is 1.27 bits per heavy atom. The number of carbonyl (C=O) groups is 1. The second-order valence-corrected chi connectivity index (χ2v) is 6.02. The molecule has 1 unspecified atom stereocenters. The highest BCUT2D eigenvalue weighted by Crippen LogP contribution is 2.38. The maximum atomic E-state index is 14.3. The van der Waals surface area contributed by atoms with E-state index in [0.717, 1.165) is 6.07 Å². The number of H-pyrrole nitrogens is 1. The van der Waals surface area contributed by atoms with Crippen molar-refractivity contribution in [3.63, 3.8) is 0 Å². The minimum atomic E-state index is -4.76. The normalized spacial score (nSPS) is 13.2. The lowest BCUT2D eigenvalue weighted by atomic mass is 10.00. The van der Waals surface area contributed by atoms with E-state index in [2.05, 4.69) is 10.3 Å². The van der Waals surface area contributed by atoms with Gasteiger partial charge in [-0.05, 0) is 36.8 Å². The molecule has 0 spiro atoms. The first-order valence-corrected chi connectivity index (χ1v) is 7.64. The van der Waals surface area contributed by atoms with Crippen LogP contribution in [-0.4, -0.2) is 21.3 Å². The lowest BCUT2D eigenvalue weighted by Crippen LogP contribution is -2.12. The first-order valence-electron chi connectivity index (χ1n) is 7.26. The molecule has 26 heavy (non-hydrogen) atoms. The minimum absolute atomic E-state index is 0.00546. The lowest BCUT2D eigenvalue weighted by molar-refractivity contribution is -0.137. The summed E-state index contributed by atoms with van der Waals surface area (Å²) >= 11 is 5.85. The van der Waals surface area contributed by atoms with E-state index in [9.17, 15) is 27.2 Å². The zero-order chi connectivity index (χ0) is 19.2. The predicted octanol–water partition coefficient (Wildman–Crippen LogP) is 3.91. The van der Waals surface area contributed by atoms with Gasteiger partial charge in [-0.2, -0.15) is 18.3 Å². The largest absolute Gasteiger partial charge is 0.416 e. The van der Waals surface area contributed by atoms with Crippen molar-refractivity contribution in [1.82, 2.24) is 15.0 Å². The van der Waals surface area contributed by atoms with Gasteiger partial charge in [0.1, 0.15) is 18.1 Å². The molecule has 0 aromatic heterocycles. The molecule has 0 bridgehead atoms. The van der Waals surface area contributed by atoms with Crippen molar-refractivity contribution in [3.05, 3.63) is 50.9 Å². The standard InChI is InChI=1S/C16H10ClF4N3O2/c1-7(6-25)24-12-2-8(3-13(26)15(12)22-23-24)14-10(17)4-9(5-11(14)18)16(19,20)21/h2-7,23H,1H3. The molecule has 0 saturated heterocycles. The highest BCUT2D eigenvalue weighted by Gasteiger charge is 2.32. The molecule has 10 heteroatoms. The summed E-state index contributed by atoms with van der Waals surface area (Å²) in [4.78, 5) is 23.2. The molecule has 3 rings (SSSR count). The molecule has 0 radical (unpaired) electrons. The number of halogens is 5. The van der Waals surface area contributed by atoms with E-state index in [1.54, 1.807) is 0 Å². The Balaban J connectivity index is 2.25. The average Bonchev–Trinajstić information content (AvgIpc) is 2.97. The van der Waals surface area contributed by atoms with Gasteiger partial charge in [-0.15, -0.1) is 0 Å². The number of alkyl halides is 3. The van der Waals surface area contributed by atoms with Gasteiger partial charge >= 0.3 is 6.18 Å². The number of hydrogen-bond donors (Lipinski definition) is 1.